The summed E-state index contributed by atoms with van der Waals surface area (Å²) in [5.41, 5.74) is 6.48. The lowest BCUT2D eigenvalue weighted by Crippen LogP contribution is -2.38. The molecule has 20 heavy (non-hydrogen) atoms. The fourth-order valence-corrected chi connectivity index (χ4v) is 2.96. The van der Waals surface area contributed by atoms with E-state index in [4.69, 9.17) is 5.73 Å². The van der Waals surface area contributed by atoms with Crippen molar-refractivity contribution in [3.63, 3.8) is 0 Å². The standard InChI is InChI=1S/C13H26N4O2S/c1-10(2)17-9-13(6-12(17)7-14)20(18,19)15-8-11(3)16(4)5/h6,9-11,15H,7-8,14H2,1-5H3. The number of sulfonamides is 1. The molecule has 0 aliphatic rings. The zero-order valence-electron chi connectivity index (χ0n) is 12.9. The van der Waals surface area contributed by atoms with Crippen LogP contribution in [0.4, 0.5) is 0 Å². The van der Waals surface area contributed by atoms with Crippen molar-refractivity contribution >= 4 is 10.0 Å². The Balaban J connectivity index is 2.93. The first kappa shape index (κ1) is 17.2. The Morgan fingerprint density at radius 1 is 1.35 bits per heavy atom. The van der Waals surface area contributed by atoms with E-state index in [1.807, 2.05) is 44.3 Å². The molecule has 0 fully saturated rings. The van der Waals surface area contributed by atoms with Gasteiger partial charge in [0.05, 0.1) is 4.90 Å². The van der Waals surface area contributed by atoms with Crippen molar-refractivity contribution in [3.05, 3.63) is 18.0 Å². The Morgan fingerprint density at radius 3 is 2.35 bits per heavy atom. The highest BCUT2D eigenvalue weighted by Crippen LogP contribution is 2.18. The van der Waals surface area contributed by atoms with Crippen molar-refractivity contribution in [2.75, 3.05) is 20.6 Å². The van der Waals surface area contributed by atoms with Crippen molar-refractivity contribution < 1.29 is 8.42 Å². The van der Waals surface area contributed by atoms with Crippen LogP contribution in [0.5, 0.6) is 0 Å². The summed E-state index contributed by atoms with van der Waals surface area (Å²) >= 11 is 0. The molecule has 1 unspecified atom stereocenters. The largest absolute Gasteiger partial charge is 0.346 e. The van der Waals surface area contributed by atoms with Crippen LogP contribution in [0.15, 0.2) is 17.2 Å². The number of aromatic nitrogens is 1. The Kier molecular flexibility index (Phi) is 5.76. The van der Waals surface area contributed by atoms with Gasteiger partial charge in [0.1, 0.15) is 0 Å². The molecule has 0 radical (unpaired) electrons. The summed E-state index contributed by atoms with van der Waals surface area (Å²) in [6.07, 6.45) is 1.65. The summed E-state index contributed by atoms with van der Waals surface area (Å²) < 4.78 is 29.1. The van der Waals surface area contributed by atoms with Crippen molar-refractivity contribution in [3.8, 4) is 0 Å². The molecule has 0 aliphatic carbocycles. The molecule has 7 heteroatoms. The lowest BCUT2D eigenvalue weighted by molar-refractivity contribution is 0.314. The second-order valence-electron chi connectivity index (χ2n) is 5.54. The Hall–Kier alpha value is -0.890. The zero-order chi connectivity index (χ0) is 15.5. The second-order valence-corrected chi connectivity index (χ2v) is 7.30. The number of nitrogens with two attached hydrogens (primary N) is 1. The number of hydrogen-bond donors (Lipinski definition) is 2. The smallest absolute Gasteiger partial charge is 0.242 e. The number of hydrogen-bond acceptors (Lipinski definition) is 4. The first-order chi connectivity index (χ1) is 9.19. The van der Waals surface area contributed by atoms with Crippen LogP contribution in [-0.4, -0.2) is 44.6 Å². The van der Waals surface area contributed by atoms with Gasteiger partial charge in [0.2, 0.25) is 10.0 Å². The normalized spacial score (nSPS) is 14.2. The number of nitrogens with zero attached hydrogens (tertiary/aromatic N) is 2. The molecule has 116 valence electrons. The van der Waals surface area contributed by atoms with Crippen molar-refractivity contribution in [1.82, 2.24) is 14.2 Å². The third-order valence-electron chi connectivity index (χ3n) is 3.43. The number of likely N-dealkylation sites (N-methyl/N-ethyl adjacent to an activating group) is 1. The summed E-state index contributed by atoms with van der Waals surface area (Å²) in [6.45, 7) is 6.66. The van der Waals surface area contributed by atoms with Crippen LogP contribution >= 0.6 is 0 Å². The first-order valence-electron chi connectivity index (χ1n) is 6.76. The minimum absolute atomic E-state index is 0.130. The van der Waals surface area contributed by atoms with Gasteiger partial charge in [-0.3, -0.25) is 0 Å². The van der Waals surface area contributed by atoms with E-state index in [2.05, 4.69) is 4.72 Å². The Labute approximate surface area is 122 Å². The third kappa shape index (κ3) is 4.05. The van der Waals surface area contributed by atoms with Crippen LogP contribution in [0, 0.1) is 0 Å². The highest BCUT2D eigenvalue weighted by Gasteiger charge is 2.20. The van der Waals surface area contributed by atoms with E-state index in [0.717, 1.165) is 5.69 Å². The molecular formula is C13H26N4O2S. The maximum atomic E-state index is 12.3. The fraction of sp³-hybridized carbons (Fsp3) is 0.692. The maximum Gasteiger partial charge on any atom is 0.242 e. The highest BCUT2D eigenvalue weighted by atomic mass is 32.2. The first-order valence-corrected chi connectivity index (χ1v) is 8.24. The van der Waals surface area contributed by atoms with Gasteiger partial charge in [0.25, 0.3) is 0 Å². The van der Waals surface area contributed by atoms with E-state index in [1.165, 1.54) is 0 Å². The fourth-order valence-electron chi connectivity index (χ4n) is 1.78. The van der Waals surface area contributed by atoms with Crippen molar-refractivity contribution in [2.24, 2.45) is 5.73 Å². The topological polar surface area (TPSA) is 80.4 Å². The van der Waals surface area contributed by atoms with Crippen molar-refractivity contribution in [2.45, 2.75) is 44.3 Å². The summed E-state index contributed by atoms with van der Waals surface area (Å²) in [4.78, 5) is 2.24. The SMILES string of the molecule is CC(CNS(=O)(=O)c1cc(CN)n(C(C)C)c1)N(C)C. The van der Waals surface area contributed by atoms with Gasteiger partial charge in [0, 0.05) is 37.1 Å². The molecule has 1 heterocycles. The van der Waals surface area contributed by atoms with Crippen LogP contribution in [0.25, 0.3) is 0 Å². The van der Waals surface area contributed by atoms with Gasteiger partial charge >= 0.3 is 0 Å². The van der Waals surface area contributed by atoms with E-state index in [-0.39, 0.29) is 17.0 Å². The second kappa shape index (κ2) is 6.71. The van der Waals surface area contributed by atoms with Crippen LogP contribution in [0.3, 0.4) is 0 Å². The average molecular weight is 302 g/mol. The predicted molar refractivity (Wildman–Crippen MR) is 81.0 cm³/mol. The van der Waals surface area contributed by atoms with Gasteiger partial charge < -0.3 is 15.2 Å². The van der Waals surface area contributed by atoms with Crippen LogP contribution in [0.2, 0.25) is 0 Å². The Bertz CT molecular complexity index is 535. The molecule has 3 N–H and O–H groups in total. The lowest BCUT2D eigenvalue weighted by atomic mass is 10.3. The molecule has 1 aromatic rings. The number of nitrogens with one attached hydrogen (secondary N) is 1. The summed E-state index contributed by atoms with van der Waals surface area (Å²) in [7, 11) is 0.348. The van der Waals surface area contributed by atoms with Gasteiger partial charge in [-0.1, -0.05) is 0 Å². The monoisotopic (exact) mass is 302 g/mol. The van der Waals surface area contributed by atoms with Crippen LogP contribution < -0.4 is 10.5 Å². The molecule has 1 rings (SSSR count). The van der Waals surface area contributed by atoms with Crippen molar-refractivity contribution in [1.29, 1.82) is 0 Å². The van der Waals surface area contributed by atoms with E-state index >= 15 is 0 Å². The lowest BCUT2D eigenvalue weighted by Gasteiger charge is -2.19. The zero-order valence-corrected chi connectivity index (χ0v) is 13.7. The third-order valence-corrected chi connectivity index (χ3v) is 4.82. The molecule has 0 saturated heterocycles. The molecule has 0 saturated carbocycles. The molecular weight excluding hydrogens is 276 g/mol. The van der Waals surface area contributed by atoms with Crippen LogP contribution in [-0.2, 0) is 16.6 Å². The molecule has 0 amide bonds. The maximum absolute atomic E-state index is 12.3. The summed E-state index contributed by atoms with van der Waals surface area (Å²) in [5.74, 6) is 0. The molecule has 1 aromatic heterocycles. The minimum atomic E-state index is -3.49. The van der Waals surface area contributed by atoms with Gasteiger partial charge in [-0.05, 0) is 40.9 Å². The molecule has 0 aliphatic heterocycles. The van der Waals surface area contributed by atoms with Gasteiger partial charge in [-0.15, -0.1) is 0 Å². The molecule has 0 bridgehead atoms. The van der Waals surface area contributed by atoms with E-state index in [1.54, 1.807) is 12.3 Å². The number of rotatable bonds is 7. The molecule has 6 nitrogen and oxygen atoms in total. The van der Waals surface area contributed by atoms with E-state index in [0.29, 0.717) is 13.1 Å². The van der Waals surface area contributed by atoms with Crippen LogP contribution in [0.1, 0.15) is 32.5 Å². The van der Waals surface area contributed by atoms with E-state index < -0.39 is 10.0 Å². The quantitative estimate of drug-likeness (QED) is 0.779. The van der Waals surface area contributed by atoms with E-state index in [9.17, 15) is 8.42 Å². The van der Waals surface area contributed by atoms with Gasteiger partial charge in [0.15, 0.2) is 0 Å². The summed E-state index contributed by atoms with van der Waals surface area (Å²) in [6, 6.07) is 1.95. The average Bonchev–Trinajstić information content (AvgIpc) is 2.80. The van der Waals surface area contributed by atoms with Gasteiger partial charge in [-0.25, -0.2) is 13.1 Å². The molecule has 0 aromatic carbocycles. The molecule has 0 spiro atoms. The summed E-state index contributed by atoms with van der Waals surface area (Å²) in [5, 5.41) is 0. The molecule has 1 atom stereocenters. The highest BCUT2D eigenvalue weighted by molar-refractivity contribution is 7.89. The minimum Gasteiger partial charge on any atom is -0.346 e. The Morgan fingerprint density at radius 2 is 1.95 bits per heavy atom. The predicted octanol–water partition coefficient (Wildman–Crippen LogP) is 0.756. The van der Waals surface area contributed by atoms with Gasteiger partial charge in [-0.2, -0.15) is 0 Å².